The zero-order valence-electron chi connectivity index (χ0n) is 10.00. The van der Waals surface area contributed by atoms with E-state index < -0.39 is 0 Å². The molecule has 0 aromatic carbocycles. The Morgan fingerprint density at radius 3 is 2.53 bits per heavy atom. The summed E-state index contributed by atoms with van der Waals surface area (Å²) in [5, 5.41) is 0. The van der Waals surface area contributed by atoms with Gasteiger partial charge in [-0.25, -0.2) is 5.84 Å². The standard InChI is InChI=1S/C11H24N4/c1-3-9-13-11(14-12)15(4-2)10-7-5-6-8-10/h10H,3-9,12H2,1-2H3,(H,13,14). The van der Waals surface area contributed by atoms with E-state index >= 15 is 0 Å². The quantitative estimate of drug-likeness (QED) is 0.321. The Hall–Kier alpha value is -0.770. The highest BCUT2D eigenvalue weighted by Crippen LogP contribution is 2.23. The first-order valence-corrected chi connectivity index (χ1v) is 6.11. The van der Waals surface area contributed by atoms with Gasteiger partial charge in [0.2, 0.25) is 5.96 Å². The van der Waals surface area contributed by atoms with E-state index in [9.17, 15) is 0 Å². The summed E-state index contributed by atoms with van der Waals surface area (Å²) in [6, 6.07) is 0.640. The number of hydrogen-bond donors (Lipinski definition) is 2. The molecule has 0 atom stereocenters. The van der Waals surface area contributed by atoms with E-state index in [0.29, 0.717) is 6.04 Å². The van der Waals surface area contributed by atoms with Crippen molar-refractivity contribution in [3.63, 3.8) is 0 Å². The zero-order chi connectivity index (χ0) is 11.1. The molecule has 0 aromatic rings. The van der Waals surface area contributed by atoms with Crippen molar-refractivity contribution in [3.8, 4) is 0 Å². The highest BCUT2D eigenvalue weighted by Gasteiger charge is 2.23. The first kappa shape index (κ1) is 12.3. The summed E-state index contributed by atoms with van der Waals surface area (Å²) in [5.41, 5.74) is 2.74. The van der Waals surface area contributed by atoms with Gasteiger partial charge in [-0.15, -0.1) is 0 Å². The molecule has 88 valence electrons. The van der Waals surface area contributed by atoms with Crippen LogP contribution in [-0.2, 0) is 0 Å². The molecule has 3 N–H and O–H groups in total. The first-order chi connectivity index (χ1) is 7.33. The Morgan fingerprint density at radius 2 is 2.07 bits per heavy atom. The fourth-order valence-corrected chi connectivity index (χ4v) is 2.23. The third-order valence-electron chi connectivity index (χ3n) is 2.99. The number of nitrogens with two attached hydrogens (primary N) is 1. The molecule has 0 amide bonds. The number of nitrogens with one attached hydrogen (secondary N) is 1. The van der Waals surface area contributed by atoms with Gasteiger partial charge in [0.05, 0.1) is 0 Å². The third kappa shape index (κ3) is 3.38. The summed E-state index contributed by atoms with van der Waals surface area (Å²) in [6.07, 6.45) is 6.30. The van der Waals surface area contributed by atoms with Crippen molar-refractivity contribution in [2.24, 2.45) is 10.8 Å². The molecular formula is C11H24N4. The summed E-state index contributed by atoms with van der Waals surface area (Å²) >= 11 is 0. The Labute approximate surface area is 92.9 Å². The van der Waals surface area contributed by atoms with Gasteiger partial charge < -0.3 is 4.90 Å². The molecule has 1 rings (SSSR count). The van der Waals surface area contributed by atoms with E-state index in [-0.39, 0.29) is 0 Å². The highest BCUT2D eigenvalue weighted by atomic mass is 15.4. The van der Waals surface area contributed by atoms with Gasteiger partial charge in [0.15, 0.2) is 0 Å². The highest BCUT2D eigenvalue weighted by molar-refractivity contribution is 5.79. The van der Waals surface area contributed by atoms with Crippen LogP contribution in [0.15, 0.2) is 4.99 Å². The van der Waals surface area contributed by atoms with E-state index in [4.69, 9.17) is 5.84 Å². The largest absolute Gasteiger partial charge is 0.339 e. The molecule has 1 saturated carbocycles. The maximum atomic E-state index is 5.54. The normalized spacial score (nSPS) is 18.2. The van der Waals surface area contributed by atoms with Crippen LogP contribution in [0.25, 0.3) is 0 Å². The molecule has 0 saturated heterocycles. The number of rotatable bonds is 4. The minimum Gasteiger partial charge on any atom is -0.339 e. The Kier molecular flexibility index (Phi) is 5.47. The van der Waals surface area contributed by atoms with Crippen molar-refractivity contribution in [2.45, 2.75) is 52.0 Å². The average Bonchev–Trinajstić information content (AvgIpc) is 2.77. The molecule has 1 fully saturated rings. The van der Waals surface area contributed by atoms with Gasteiger partial charge in [-0.05, 0) is 26.2 Å². The Balaban J connectivity index is 2.60. The van der Waals surface area contributed by atoms with Crippen LogP contribution in [0.5, 0.6) is 0 Å². The van der Waals surface area contributed by atoms with Gasteiger partial charge >= 0.3 is 0 Å². The van der Waals surface area contributed by atoms with Crippen LogP contribution in [-0.4, -0.2) is 30.0 Å². The number of hydrogen-bond acceptors (Lipinski definition) is 2. The summed E-state index contributed by atoms with van der Waals surface area (Å²) in [7, 11) is 0. The summed E-state index contributed by atoms with van der Waals surface area (Å²) < 4.78 is 0. The number of nitrogens with zero attached hydrogens (tertiary/aromatic N) is 2. The van der Waals surface area contributed by atoms with E-state index in [2.05, 4.69) is 29.2 Å². The van der Waals surface area contributed by atoms with Crippen LogP contribution in [0.4, 0.5) is 0 Å². The lowest BCUT2D eigenvalue weighted by Gasteiger charge is -2.30. The van der Waals surface area contributed by atoms with E-state index in [0.717, 1.165) is 25.5 Å². The van der Waals surface area contributed by atoms with Gasteiger partial charge in [0.1, 0.15) is 0 Å². The monoisotopic (exact) mass is 212 g/mol. The molecule has 1 aliphatic carbocycles. The Morgan fingerprint density at radius 1 is 1.40 bits per heavy atom. The van der Waals surface area contributed by atoms with Gasteiger partial charge in [-0.2, -0.15) is 0 Å². The predicted molar refractivity (Wildman–Crippen MR) is 64.6 cm³/mol. The van der Waals surface area contributed by atoms with E-state index in [1.165, 1.54) is 25.7 Å². The van der Waals surface area contributed by atoms with Gasteiger partial charge in [0, 0.05) is 19.1 Å². The van der Waals surface area contributed by atoms with Crippen molar-refractivity contribution in [3.05, 3.63) is 0 Å². The molecule has 0 radical (unpaired) electrons. The number of guanidine groups is 1. The molecule has 0 aliphatic heterocycles. The van der Waals surface area contributed by atoms with Crippen molar-refractivity contribution >= 4 is 5.96 Å². The molecule has 4 nitrogen and oxygen atoms in total. The summed E-state index contributed by atoms with van der Waals surface area (Å²) in [6.45, 7) is 6.13. The smallest absolute Gasteiger partial charge is 0.208 e. The van der Waals surface area contributed by atoms with E-state index in [1.807, 2.05) is 0 Å². The molecule has 0 unspecified atom stereocenters. The molecule has 1 aliphatic rings. The van der Waals surface area contributed by atoms with Crippen molar-refractivity contribution in [1.82, 2.24) is 10.3 Å². The minimum absolute atomic E-state index is 0.640. The van der Waals surface area contributed by atoms with Gasteiger partial charge in [0.25, 0.3) is 0 Å². The van der Waals surface area contributed by atoms with Crippen LogP contribution in [0.1, 0.15) is 46.0 Å². The second kappa shape index (κ2) is 6.67. The van der Waals surface area contributed by atoms with Crippen molar-refractivity contribution < 1.29 is 0 Å². The lowest BCUT2D eigenvalue weighted by Crippen LogP contribution is -2.49. The summed E-state index contributed by atoms with van der Waals surface area (Å²) in [5.74, 6) is 6.40. The SMILES string of the molecule is CCCN=C(NN)N(CC)C1CCCC1. The maximum absolute atomic E-state index is 5.54. The molecule has 15 heavy (non-hydrogen) atoms. The first-order valence-electron chi connectivity index (χ1n) is 6.11. The number of aliphatic imine (C=N–C) groups is 1. The second-order valence-corrected chi connectivity index (χ2v) is 4.07. The van der Waals surface area contributed by atoms with Gasteiger partial charge in [-0.3, -0.25) is 10.4 Å². The van der Waals surface area contributed by atoms with E-state index in [1.54, 1.807) is 0 Å². The molecule has 0 spiro atoms. The fourth-order valence-electron chi connectivity index (χ4n) is 2.23. The fraction of sp³-hybridized carbons (Fsp3) is 0.909. The maximum Gasteiger partial charge on any atom is 0.208 e. The lowest BCUT2D eigenvalue weighted by atomic mass is 10.2. The lowest BCUT2D eigenvalue weighted by molar-refractivity contribution is 0.317. The predicted octanol–water partition coefficient (Wildman–Crippen LogP) is 1.48. The number of hydrazine groups is 1. The molecular weight excluding hydrogens is 188 g/mol. The third-order valence-corrected chi connectivity index (χ3v) is 2.99. The van der Waals surface area contributed by atoms with Crippen LogP contribution in [0.3, 0.4) is 0 Å². The topological polar surface area (TPSA) is 53.6 Å². The minimum atomic E-state index is 0.640. The van der Waals surface area contributed by atoms with Crippen molar-refractivity contribution in [2.75, 3.05) is 13.1 Å². The molecule has 0 bridgehead atoms. The average molecular weight is 212 g/mol. The summed E-state index contributed by atoms with van der Waals surface area (Å²) in [4.78, 5) is 6.79. The molecule has 0 aromatic heterocycles. The van der Waals surface area contributed by atoms with Crippen LogP contribution in [0, 0.1) is 0 Å². The van der Waals surface area contributed by atoms with Crippen LogP contribution in [0.2, 0.25) is 0 Å². The molecule has 0 heterocycles. The zero-order valence-corrected chi connectivity index (χ0v) is 10.00. The van der Waals surface area contributed by atoms with Gasteiger partial charge in [-0.1, -0.05) is 19.8 Å². The van der Waals surface area contributed by atoms with Crippen molar-refractivity contribution in [1.29, 1.82) is 0 Å². The van der Waals surface area contributed by atoms with Crippen LogP contribution >= 0.6 is 0 Å². The molecule has 4 heteroatoms. The van der Waals surface area contributed by atoms with Crippen LogP contribution < -0.4 is 11.3 Å². The second-order valence-electron chi connectivity index (χ2n) is 4.07. The Bertz CT molecular complexity index is 197.